The molecule has 0 aromatic carbocycles. The second kappa shape index (κ2) is 3.72. The van der Waals surface area contributed by atoms with Crippen molar-refractivity contribution < 1.29 is 14.3 Å². The smallest absolute Gasteiger partial charge is 0.304 e. The molecule has 64 valence electrons. The van der Waals surface area contributed by atoms with Crippen LogP contribution in [0.4, 0.5) is 0 Å². The van der Waals surface area contributed by atoms with Crippen molar-refractivity contribution in [2.24, 2.45) is 0 Å². The molecule has 0 spiro atoms. The van der Waals surface area contributed by atoms with Gasteiger partial charge in [-0.2, -0.15) is 0 Å². The van der Waals surface area contributed by atoms with Crippen molar-refractivity contribution in [2.45, 2.75) is 45.5 Å². The molecule has 0 aromatic rings. The van der Waals surface area contributed by atoms with Crippen LogP contribution >= 0.6 is 0 Å². The second-order valence-electron chi connectivity index (χ2n) is 2.78. The van der Waals surface area contributed by atoms with Crippen LogP contribution < -0.4 is 0 Å². The van der Waals surface area contributed by atoms with Crippen molar-refractivity contribution >= 4 is 5.97 Å². The van der Waals surface area contributed by atoms with Crippen LogP contribution in [0.5, 0.6) is 0 Å². The summed E-state index contributed by atoms with van der Waals surface area (Å²) in [7, 11) is 0. The Labute approximate surface area is 66.7 Å². The van der Waals surface area contributed by atoms with Gasteiger partial charge in [-0.3, -0.25) is 4.79 Å². The molecule has 0 amide bonds. The largest absolute Gasteiger partial charge is 0.436 e. The van der Waals surface area contributed by atoms with Gasteiger partial charge in [0.15, 0.2) is 0 Å². The maximum absolute atomic E-state index is 10.5. The molecule has 1 aliphatic rings. The van der Waals surface area contributed by atoms with E-state index in [-0.39, 0.29) is 12.3 Å². The zero-order valence-electron chi connectivity index (χ0n) is 7.00. The number of hydrogen-bond donors (Lipinski definition) is 0. The monoisotopic (exact) mass is 158 g/mol. The van der Waals surface area contributed by atoms with Gasteiger partial charge in [-0.05, 0) is 12.8 Å². The van der Waals surface area contributed by atoms with E-state index in [0.29, 0.717) is 6.10 Å². The summed E-state index contributed by atoms with van der Waals surface area (Å²) in [6, 6.07) is 0. The average Bonchev–Trinajstić information content (AvgIpc) is 2.34. The fraction of sp³-hybridized carbons (Fsp3) is 0.875. The van der Waals surface area contributed by atoms with Crippen molar-refractivity contribution in [3.8, 4) is 0 Å². The van der Waals surface area contributed by atoms with E-state index in [4.69, 9.17) is 9.47 Å². The summed E-state index contributed by atoms with van der Waals surface area (Å²) in [5.74, 6) is -0.258. The minimum absolute atomic E-state index is 0.258. The van der Waals surface area contributed by atoms with Gasteiger partial charge in [0.05, 0.1) is 6.10 Å². The zero-order chi connectivity index (χ0) is 8.27. The number of rotatable bonds is 2. The minimum Gasteiger partial charge on any atom is -0.436 e. The third-order valence-electron chi connectivity index (χ3n) is 1.82. The molecule has 0 saturated carbocycles. The van der Waals surface area contributed by atoms with Crippen LogP contribution in [0.15, 0.2) is 0 Å². The van der Waals surface area contributed by atoms with Crippen LogP contribution in [0, 0.1) is 0 Å². The molecule has 2 atom stereocenters. The summed E-state index contributed by atoms with van der Waals surface area (Å²) in [6.07, 6.45) is 2.86. The van der Waals surface area contributed by atoms with Gasteiger partial charge in [0, 0.05) is 13.3 Å². The average molecular weight is 158 g/mol. The van der Waals surface area contributed by atoms with Gasteiger partial charge in [-0.15, -0.1) is 0 Å². The van der Waals surface area contributed by atoms with Gasteiger partial charge in [-0.1, -0.05) is 6.92 Å². The molecule has 1 rings (SSSR count). The minimum atomic E-state index is -0.280. The van der Waals surface area contributed by atoms with Gasteiger partial charge in [0.2, 0.25) is 6.29 Å². The summed E-state index contributed by atoms with van der Waals surface area (Å²) < 4.78 is 10.3. The predicted molar refractivity (Wildman–Crippen MR) is 40.0 cm³/mol. The fourth-order valence-corrected chi connectivity index (χ4v) is 1.24. The van der Waals surface area contributed by atoms with Crippen molar-refractivity contribution in [1.82, 2.24) is 0 Å². The van der Waals surface area contributed by atoms with E-state index in [0.717, 1.165) is 19.3 Å². The lowest BCUT2D eigenvalue weighted by atomic mass is 10.2. The molecule has 3 nitrogen and oxygen atoms in total. The number of esters is 1. The Morgan fingerprint density at radius 3 is 2.82 bits per heavy atom. The van der Waals surface area contributed by atoms with Crippen LogP contribution in [0.3, 0.4) is 0 Å². The van der Waals surface area contributed by atoms with Crippen LogP contribution in [-0.4, -0.2) is 18.4 Å². The lowest BCUT2D eigenvalue weighted by Crippen LogP contribution is -2.16. The van der Waals surface area contributed by atoms with Crippen LogP contribution in [0.2, 0.25) is 0 Å². The second-order valence-corrected chi connectivity index (χ2v) is 2.78. The molecular formula is C8H14O3. The van der Waals surface area contributed by atoms with E-state index < -0.39 is 0 Å². The number of ether oxygens (including phenoxy) is 2. The van der Waals surface area contributed by atoms with Gasteiger partial charge in [0.1, 0.15) is 0 Å². The highest BCUT2D eigenvalue weighted by Crippen LogP contribution is 2.22. The molecule has 0 aliphatic carbocycles. The Hall–Kier alpha value is -0.570. The van der Waals surface area contributed by atoms with Gasteiger partial charge >= 0.3 is 5.97 Å². The lowest BCUT2D eigenvalue weighted by Gasteiger charge is -2.11. The molecule has 0 N–H and O–H groups in total. The first kappa shape index (κ1) is 8.53. The standard InChI is InChI=1S/C8H14O3/c1-3-7-4-5-8(11-7)10-6(2)9/h7-8H,3-5H2,1-2H3. The highest BCUT2D eigenvalue weighted by Gasteiger charge is 2.25. The third-order valence-corrected chi connectivity index (χ3v) is 1.82. The third kappa shape index (κ3) is 2.50. The quantitative estimate of drug-likeness (QED) is 0.571. The summed E-state index contributed by atoms with van der Waals surface area (Å²) in [5.41, 5.74) is 0. The molecule has 3 heteroatoms. The Morgan fingerprint density at radius 1 is 1.64 bits per heavy atom. The van der Waals surface area contributed by atoms with Crippen molar-refractivity contribution in [3.63, 3.8) is 0 Å². The first-order valence-electron chi connectivity index (χ1n) is 4.05. The van der Waals surface area contributed by atoms with Gasteiger partial charge in [-0.25, -0.2) is 0 Å². The summed E-state index contributed by atoms with van der Waals surface area (Å²) in [5, 5.41) is 0. The van der Waals surface area contributed by atoms with Crippen LogP contribution in [0.1, 0.15) is 33.1 Å². The molecule has 1 fully saturated rings. The molecule has 1 saturated heterocycles. The van der Waals surface area contributed by atoms with Crippen molar-refractivity contribution in [3.05, 3.63) is 0 Å². The van der Waals surface area contributed by atoms with E-state index in [9.17, 15) is 4.79 Å². The topological polar surface area (TPSA) is 35.5 Å². The molecule has 11 heavy (non-hydrogen) atoms. The highest BCUT2D eigenvalue weighted by molar-refractivity contribution is 5.66. The van der Waals surface area contributed by atoms with E-state index in [1.807, 2.05) is 0 Å². The molecule has 2 unspecified atom stereocenters. The Kier molecular flexibility index (Phi) is 2.88. The predicted octanol–water partition coefficient (Wildman–Crippen LogP) is 1.46. The van der Waals surface area contributed by atoms with E-state index in [1.54, 1.807) is 0 Å². The number of carbonyl (C=O) groups excluding carboxylic acids is 1. The van der Waals surface area contributed by atoms with Gasteiger partial charge in [0.25, 0.3) is 0 Å². The molecule has 0 radical (unpaired) electrons. The first-order valence-corrected chi connectivity index (χ1v) is 4.05. The Morgan fingerprint density at radius 2 is 2.36 bits per heavy atom. The first-order chi connectivity index (χ1) is 5.22. The number of carbonyl (C=O) groups is 1. The van der Waals surface area contributed by atoms with Crippen molar-refractivity contribution in [2.75, 3.05) is 0 Å². The molecule has 0 bridgehead atoms. The lowest BCUT2D eigenvalue weighted by molar-refractivity contribution is -0.172. The molecule has 1 heterocycles. The number of hydrogen-bond acceptors (Lipinski definition) is 3. The van der Waals surface area contributed by atoms with E-state index in [1.165, 1.54) is 6.92 Å². The summed E-state index contributed by atoms with van der Waals surface area (Å²) in [4.78, 5) is 10.5. The van der Waals surface area contributed by atoms with Crippen LogP contribution in [0.25, 0.3) is 0 Å². The summed E-state index contributed by atoms with van der Waals surface area (Å²) >= 11 is 0. The molecule has 0 aromatic heterocycles. The SMILES string of the molecule is CCC1CCC(OC(C)=O)O1. The van der Waals surface area contributed by atoms with Crippen LogP contribution in [-0.2, 0) is 14.3 Å². The summed E-state index contributed by atoms with van der Waals surface area (Å²) in [6.45, 7) is 3.48. The Balaban J connectivity index is 2.24. The maximum Gasteiger partial charge on any atom is 0.304 e. The van der Waals surface area contributed by atoms with E-state index >= 15 is 0 Å². The molecular weight excluding hydrogens is 144 g/mol. The highest BCUT2D eigenvalue weighted by atomic mass is 16.7. The fourth-order valence-electron chi connectivity index (χ4n) is 1.24. The maximum atomic E-state index is 10.5. The molecule has 1 aliphatic heterocycles. The zero-order valence-corrected chi connectivity index (χ0v) is 7.00. The normalized spacial score (nSPS) is 30.4. The Bertz CT molecular complexity index is 144. The van der Waals surface area contributed by atoms with Gasteiger partial charge < -0.3 is 9.47 Å². The van der Waals surface area contributed by atoms with Crippen molar-refractivity contribution in [1.29, 1.82) is 0 Å². The van der Waals surface area contributed by atoms with E-state index in [2.05, 4.69) is 6.92 Å².